The zero-order valence-electron chi connectivity index (χ0n) is 14.3. The Labute approximate surface area is 153 Å². The van der Waals surface area contributed by atoms with E-state index in [1.165, 1.54) is 5.56 Å². The summed E-state index contributed by atoms with van der Waals surface area (Å²) in [6.07, 6.45) is 2.26. The van der Waals surface area contributed by atoms with Crippen LogP contribution in [0.3, 0.4) is 0 Å². The van der Waals surface area contributed by atoms with Crippen molar-refractivity contribution in [2.24, 2.45) is 4.99 Å². The van der Waals surface area contributed by atoms with E-state index in [1.54, 1.807) is 6.92 Å². The number of sulfone groups is 1. The van der Waals surface area contributed by atoms with Crippen molar-refractivity contribution >= 4 is 31.7 Å². The molecule has 0 atom stereocenters. The van der Waals surface area contributed by atoms with Crippen LogP contribution in [0.2, 0.25) is 0 Å². The van der Waals surface area contributed by atoms with Gasteiger partial charge in [0.2, 0.25) is 0 Å². The number of guanidine groups is 1. The smallest absolute Gasteiger partial charge is 0.191 e. The van der Waals surface area contributed by atoms with Crippen LogP contribution in [-0.4, -0.2) is 45.5 Å². The predicted molar refractivity (Wildman–Crippen MR) is 103 cm³/mol. The number of hydrogen-bond acceptors (Lipinski definition) is 3. The maximum absolute atomic E-state index is 11.6. The van der Waals surface area contributed by atoms with Crippen molar-refractivity contribution in [1.82, 2.24) is 10.6 Å². The van der Waals surface area contributed by atoms with Crippen molar-refractivity contribution in [2.75, 3.05) is 31.1 Å². The van der Waals surface area contributed by atoms with Gasteiger partial charge in [-0.1, -0.05) is 41.1 Å². The molecule has 0 radical (unpaired) electrons. The molecule has 24 heavy (non-hydrogen) atoms. The number of aliphatic imine (C=N–C) groups is 1. The molecule has 0 heterocycles. The second-order valence-electron chi connectivity index (χ2n) is 6.12. The zero-order valence-corrected chi connectivity index (χ0v) is 16.7. The molecule has 134 valence electrons. The van der Waals surface area contributed by atoms with Crippen LogP contribution in [0.25, 0.3) is 0 Å². The third-order valence-corrected chi connectivity index (χ3v) is 6.73. The highest BCUT2D eigenvalue weighted by Gasteiger charge is 2.45. The minimum Gasteiger partial charge on any atom is -0.357 e. The SMILES string of the molecule is CCNC(=NCC1(c2ccccc2Br)CC1)NCCS(=O)(=O)CC. The highest BCUT2D eigenvalue weighted by Crippen LogP contribution is 2.50. The molecule has 2 rings (SSSR count). The average molecular weight is 416 g/mol. The summed E-state index contributed by atoms with van der Waals surface area (Å²) in [4.78, 5) is 4.69. The van der Waals surface area contributed by atoms with Crippen LogP contribution in [-0.2, 0) is 15.3 Å². The Balaban J connectivity index is 1.99. The molecular weight excluding hydrogens is 390 g/mol. The first-order valence-corrected chi connectivity index (χ1v) is 11.0. The lowest BCUT2D eigenvalue weighted by atomic mass is 9.96. The molecule has 0 aliphatic heterocycles. The quantitative estimate of drug-likeness (QED) is 0.505. The van der Waals surface area contributed by atoms with Crippen LogP contribution in [0.4, 0.5) is 0 Å². The molecule has 0 bridgehead atoms. The lowest BCUT2D eigenvalue weighted by Gasteiger charge is -2.17. The summed E-state index contributed by atoms with van der Waals surface area (Å²) in [5, 5.41) is 6.31. The van der Waals surface area contributed by atoms with Crippen LogP contribution in [0.1, 0.15) is 32.3 Å². The van der Waals surface area contributed by atoms with Crippen molar-refractivity contribution in [3.63, 3.8) is 0 Å². The second-order valence-corrected chi connectivity index (χ2v) is 9.45. The minimum atomic E-state index is -2.96. The Bertz CT molecular complexity index is 685. The fourth-order valence-corrected chi connectivity index (χ4v) is 4.00. The summed E-state index contributed by atoms with van der Waals surface area (Å²) in [5.41, 5.74) is 1.41. The lowest BCUT2D eigenvalue weighted by Crippen LogP contribution is -2.40. The first kappa shape index (κ1) is 19.2. The molecule has 1 aromatic rings. The number of nitrogens with one attached hydrogen (secondary N) is 2. The van der Waals surface area contributed by atoms with E-state index in [1.807, 2.05) is 13.0 Å². The van der Waals surface area contributed by atoms with Gasteiger partial charge in [0.05, 0.1) is 12.3 Å². The van der Waals surface area contributed by atoms with E-state index < -0.39 is 9.84 Å². The molecule has 0 saturated heterocycles. The number of nitrogens with zero attached hydrogens (tertiary/aromatic N) is 1. The Kier molecular flexibility index (Phi) is 6.69. The van der Waals surface area contributed by atoms with Crippen molar-refractivity contribution in [2.45, 2.75) is 32.1 Å². The van der Waals surface area contributed by atoms with Crippen LogP contribution < -0.4 is 10.6 Å². The monoisotopic (exact) mass is 415 g/mol. The van der Waals surface area contributed by atoms with E-state index >= 15 is 0 Å². The number of halogens is 1. The Morgan fingerprint density at radius 3 is 2.54 bits per heavy atom. The van der Waals surface area contributed by atoms with Gasteiger partial charge in [0.15, 0.2) is 15.8 Å². The topological polar surface area (TPSA) is 70.6 Å². The third-order valence-electron chi connectivity index (χ3n) is 4.33. The van der Waals surface area contributed by atoms with Crippen molar-refractivity contribution in [3.05, 3.63) is 34.3 Å². The normalized spacial score (nSPS) is 16.7. The molecule has 2 N–H and O–H groups in total. The van der Waals surface area contributed by atoms with Gasteiger partial charge >= 0.3 is 0 Å². The maximum atomic E-state index is 11.6. The predicted octanol–water partition coefficient (Wildman–Crippen LogP) is 2.47. The molecule has 7 heteroatoms. The highest BCUT2D eigenvalue weighted by molar-refractivity contribution is 9.10. The molecule has 1 aliphatic rings. The molecule has 0 spiro atoms. The summed E-state index contributed by atoms with van der Waals surface area (Å²) >= 11 is 3.64. The standard InChI is InChI=1S/C17H26BrN3O2S/c1-3-19-16(20-11-12-24(22,23)4-2)21-13-17(9-10-17)14-7-5-6-8-15(14)18/h5-8H,3-4,9-13H2,1-2H3,(H2,19,20,21). The van der Waals surface area contributed by atoms with Gasteiger partial charge in [0.1, 0.15) is 0 Å². The van der Waals surface area contributed by atoms with E-state index in [9.17, 15) is 8.42 Å². The number of benzene rings is 1. The summed E-state index contributed by atoms with van der Waals surface area (Å²) in [6.45, 7) is 5.49. The molecule has 5 nitrogen and oxygen atoms in total. The van der Waals surface area contributed by atoms with Gasteiger partial charge in [-0.2, -0.15) is 0 Å². The average Bonchev–Trinajstić information content (AvgIpc) is 3.34. The van der Waals surface area contributed by atoms with Crippen LogP contribution in [0, 0.1) is 0 Å². The van der Waals surface area contributed by atoms with Crippen LogP contribution in [0.5, 0.6) is 0 Å². The first-order chi connectivity index (χ1) is 11.4. The largest absolute Gasteiger partial charge is 0.357 e. The molecule has 1 aromatic carbocycles. The van der Waals surface area contributed by atoms with Gasteiger partial charge in [0.25, 0.3) is 0 Å². The molecule has 0 amide bonds. The fourth-order valence-electron chi connectivity index (χ4n) is 2.60. The number of rotatable bonds is 8. The van der Waals surface area contributed by atoms with E-state index in [-0.39, 0.29) is 16.9 Å². The van der Waals surface area contributed by atoms with Crippen molar-refractivity contribution in [1.29, 1.82) is 0 Å². The van der Waals surface area contributed by atoms with Crippen molar-refractivity contribution < 1.29 is 8.42 Å². The van der Waals surface area contributed by atoms with Crippen LogP contribution in [0.15, 0.2) is 33.7 Å². The summed E-state index contributed by atoms with van der Waals surface area (Å²) in [7, 11) is -2.96. The lowest BCUT2D eigenvalue weighted by molar-refractivity contribution is 0.595. The van der Waals surface area contributed by atoms with Gasteiger partial charge in [-0.3, -0.25) is 4.99 Å². The minimum absolute atomic E-state index is 0.109. The Morgan fingerprint density at radius 2 is 1.96 bits per heavy atom. The van der Waals surface area contributed by atoms with E-state index in [4.69, 9.17) is 0 Å². The summed E-state index contributed by atoms with van der Waals surface area (Å²) in [6, 6.07) is 8.30. The fraction of sp³-hybridized carbons (Fsp3) is 0.588. The molecule has 1 saturated carbocycles. The maximum Gasteiger partial charge on any atom is 0.191 e. The molecule has 1 fully saturated rings. The molecule has 0 aromatic heterocycles. The Hall–Kier alpha value is -1.08. The van der Waals surface area contributed by atoms with Gasteiger partial charge < -0.3 is 10.6 Å². The molecule has 0 unspecified atom stereocenters. The Morgan fingerprint density at radius 1 is 1.25 bits per heavy atom. The van der Waals surface area contributed by atoms with E-state index in [0.29, 0.717) is 19.0 Å². The van der Waals surface area contributed by atoms with Gasteiger partial charge in [-0.15, -0.1) is 0 Å². The third kappa shape index (κ3) is 5.21. The zero-order chi connectivity index (χ0) is 17.6. The molecule has 1 aliphatic carbocycles. The van der Waals surface area contributed by atoms with Crippen molar-refractivity contribution in [3.8, 4) is 0 Å². The van der Waals surface area contributed by atoms with E-state index in [0.717, 1.165) is 23.9 Å². The van der Waals surface area contributed by atoms with Gasteiger partial charge in [-0.25, -0.2) is 8.42 Å². The van der Waals surface area contributed by atoms with Crippen LogP contribution >= 0.6 is 15.9 Å². The molecular formula is C17H26BrN3O2S. The summed E-state index contributed by atoms with van der Waals surface area (Å²) < 4.78 is 24.3. The second kappa shape index (κ2) is 8.34. The van der Waals surface area contributed by atoms with Gasteiger partial charge in [0, 0.05) is 28.7 Å². The van der Waals surface area contributed by atoms with Gasteiger partial charge in [-0.05, 0) is 31.4 Å². The number of hydrogen-bond donors (Lipinski definition) is 2. The summed E-state index contributed by atoms with van der Waals surface area (Å²) in [5.74, 6) is 0.985. The highest BCUT2D eigenvalue weighted by atomic mass is 79.9. The first-order valence-electron chi connectivity index (χ1n) is 8.40. The van der Waals surface area contributed by atoms with E-state index in [2.05, 4.69) is 49.8 Å².